The first-order chi connectivity index (χ1) is 15.2. The Hall–Kier alpha value is -4.20. The quantitative estimate of drug-likeness (QED) is 0.234. The predicted molar refractivity (Wildman–Crippen MR) is 121 cm³/mol. The normalized spacial score (nSPS) is 11.1. The Morgan fingerprint density at radius 2 is 1.91 bits per heavy atom. The number of nitrogens with zero attached hydrogens (tertiary/aromatic N) is 2. The van der Waals surface area contributed by atoms with Gasteiger partial charge in [0, 0.05) is 11.8 Å². The van der Waals surface area contributed by atoms with Crippen LogP contribution in [0.5, 0.6) is 5.75 Å². The summed E-state index contributed by atoms with van der Waals surface area (Å²) in [6, 6.07) is 14.6. The van der Waals surface area contributed by atoms with E-state index in [-0.39, 0.29) is 22.9 Å². The van der Waals surface area contributed by atoms with Crippen molar-refractivity contribution in [2.45, 2.75) is 26.7 Å². The van der Waals surface area contributed by atoms with Gasteiger partial charge in [-0.15, -0.1) is 0 Å². The smallest absolute Gasteiger partial charge is 0.282 e. The second-order valence-electron chi connectivity index (χ2n) is 7.82. The monoisotopic (exact) mass is 431 g/mol. The molecular weight excluding hydrogens is 410 g/mol. The van der Waals surface area contributed by atoms with Crippen LogP contribution in [0.2, 0.25) is 0 Å². The van der Waals surface area contributed by atoms with Crippen LogP contribution in [0.25, 0.3) is 22.6 Å². The summed E-state index contributed by atoms with van der Waals surface area (Å²) in [6.45, 7) is 5.85. The molecule has 1 aromatic heterocycles. The van der Waals surface area contributed by atoms with Crippen LogP contribution in [-0.4, -0.2) is 20.9 Å². The summed E-state index contributed by atoms with van der Waals surface area (Å²) >= 11 is 0. The number of carbonyl (C=O) groups excluding carboxylic acids is 1. The van der Waals surface area contributed by atoms with Crippen molar-refractivity contribution in [1.29, 1.82) is 0 Å². The number of hydrogen-bond donors (Lipinski definition) is 2. The first kappa shape index (κ1) is 21.0. The number of carbonyl (C=O) groups is 1. The number of rotatable bonds is 5. The number of hydrogen-bond acceptors (Lipinski definition) is 6. The number of benzene rings is 3. The standard InChI is InChI=1S/C24H21N3O5/c1-13(2)15-8-9-21-19(11-15)26-24(32-21)18-12-16(10-14(3)22(18)28)25-23(29)17-6-4-5-7-20(17)27(30)31/h4-13,28H,1-3H3,(H,25,29). The lowest BCUT2D eigenvalue weighted by Gasteiger charge is -2.10. The van der Waals surface area contributed by atoms with E-state index in [0.29, 0.717) is 33.8 Å². The van der Waals surface area contributed by atoms with Gasteiger partial charge in [0.05, 0.1) is 10.5 Å². The number of anilines is 1. The van der Waals surface area contributed by atoms with Crippen molar-refractivity contribution in [1.82, 2.24) is 4.98 Å². The second-order valence-corrected chi connectivity index (χ2v) is 7.82. The Labute approximate surface area is 183 Å². The molecule has 0 unspecified atom stereocenters. The molecule has 0 radical (unpaired) electrons. The number of aromatic nitrogens is 1. The van der Waals surface area contributed by atoms with Crippen molar-refractivity contribution in [2.24, 2.45) is 0 Å². The van der Waals surface area contributed by atoms with Crippen molar-refractivity contribution in [3.05, 3.63) is 81.4 Å². The number of para-hydroxylation sites is 1. The molecule has 1 heterocycles. The molecule has 4 rings (SSSR count). The molecule has 0 saturated heterocycles. The molecule has 4 aromatic rings. The number of nitrogens with one attached hydrogen (secondary N) is 1. The van der Waals surface area contributed by atoms with Gasteiger partial charge in [-0.3, -0.25) is 14.9 Å². The van der Waals surface area contributed by atoms with Gasteiger partial charge >= 0.3 is 0 Å². The molecule has 8 nitrogen and oxygen atoms in total. The zero-order valence-electron chi connectivity index (χ0n) is 17.7. The molecule has 0 fully saturated rings. The number of phenolic OH excluding ortho intramolecular Hbond substituents is 1. The van der Waals surface area contributed by atoms with E-state index in [0.717, 1.165) is 5.56 Å². The van der Waals surface area contributed by atoms with Crippen LogP contribution in [0, 0.1) is 17.0 Å². The van der Waals surface area contributed by atoms with Crippen molar-refractivity contribution < 1.29 is 19.2 Å². The summed E-state index contributed by atoms with van der Waals surface area (Å²) in [4.78, 5) is 27.9. The minimum absolute atomic E-state index is 0.0238. The van der Waals surface area contributed by atoms with Gasteiger partial charge in [-0.2, -0.15) is 0 Å². The first-order valence-corrected chi connectivity index (χ1v) is 10.0. The predicted octanol–water partition coefficient (Wildman–Crippen LogP) is 5.79. The lowest BCUT2D eigenvalue weighted by molar-refractivity contribution is -0.385. The number of nitro groups is 1. The summed E-state index contributed by atoms with van der Waals surface area (Å²) in [6.07, 6.45) is 0. The molecule has 0 bridgehead atoms. The third kappa shape index (κ3) is 3.90. The van der Waals surface area contributed by atoms with E-state index in [2.05, 4.69) is 24.1 Å². The topological polar surface area (TPSA) is 118 Å². The zero-order chi connectivity index (χ0) is 23.0. The average molecular weight is 431 g/mol. The number of fused-ring (bicyclic) bond motifs is 1. The third-order valence-corrected chi connectivity index (χ3v) is 5.21. The Morgan fingerprint density at radius 3 is 2.62 bits per heavy atom. The zero-order valence-corrected chi connectivity index (χ0v) is 17.7. The second kappa shape index (κ2) is 8.14. The molecule has 8 heteroatoms. The van der Waals surface area contributed by atoms with Gasteiger partial charge in [0.25, 0.3) is 11.6 Å². The molecule has 2 N–H and O–H groups in total. The molecule has 0 spiro atoms. The van der Waals surface area contributed by atoms with Crippen LogP contribution < -0.4 is 5.32 Å². The molecule has 0 aliphatic heterocycles. The van der Waals surface area contributed by atoms with Gasteiger partial charge < -0.3 is 14.8 Å². The SMILES string of the molecule is Cc1cc(NC(=O)c2ccccc2[N+](=O)[O-])cc(-c2nc3cc(C(C)C)ccc3o2)c1O. The fraction of sp³-hybridized carbons (Fsp3) is 0.167. The molecule has 0 atom stereocenters. The number of amides is 1. The Balaban J connectivity index is 1.72. The molecule has 1 amide bonds. The largest absolute Gasteiger partial charge is 0.507 e. The van der Waals surface area contributed by atoms with Gasteiger partial charge in [0.2, 0.25) is 5.89 Å². The molecule has 0 saturated carbocycles. The van der Waals surface area contributed by atoms with E-state index in [1.54, 1.807) is 19.1 Å². The van der Waals surface area contributed by atoms with E-state index < -0.39 is 10.8 Å². The van der Waals surface area contributed by atoms with Gasteiger partial charge in [-0.25, -0.2) is 4.98 Å². The number of aryl methyl sites for hydroxylation is 1. The van der Waals surface area contributed by atoms with Gasteiger partial charge in [0.15, 0.2) is 5.58 Å². The van der Waals surface area contributed by atoms with Crippen molar-refractivity contribution in [3.63, 3.8) is 0 Å². The molecule has 3 aromatic carbocycles. The highest BCUT2D eigenvalue weighted by Crippen LogP contribution is 2.36. The highest BCUT2D eigenvalue weighted by molar-refractivity contribution is 6.07. The highest BCUT2D eigenvalue weighted by atomic mass is 16.6. The van der Waals surface area contributed by atoms with E-state index in [1.165, 1.54) is 24.3 Å². The molecule has 162 valence electrons. The van der Waals surface area contributed by atoms with E-state index in [9.17, 15) is 20.0 Å². The summed E-state index contributed by atoms with van der Waals surface area (Å²) in [5, 5.41) is 24.5. The Kier molecular flexibility index (Phi) is 5.36. The minimum Gasteiger partial charge on any atom is -0.507 e. The van der Waals surface area contributed by atoms with Crippen molar-refractivity contribution >= 4 is 28.4 Å². The van der Waals surface area contributed by atoms with Crippen LogP contribution in [-0.2, 0) is 0 Å². The van der Waals surface area contributed by atoms with Crippen LogP contribution in [0.1, 0.15) is 41.3 Å². The number of oxazole rings is 1. The number of aromatic hydroxyl groups is 1. The van der Waals surface area contributed by atoms with Gasteiger partial charge in [0.1, 0.15) is 16.8 Å². The molecule has 32 heavy (non-hydrogen) atoms. The minimum atomic E-state index is -0.632. The van der Waals surface area contributed by atoms with Gasteiger partial charge in [-0.1, -0.05) is 32.0 Å². The lowest BCUT2D eigenvalue weighted by Crippen LogP contribution is -2.14. The molecule has 0 aliphatic rings. The van der Waals surface area contributed by atoms with E-state index >= 15 is 0 Å². The Bertz CT molecular complexity index is 1360. The summed E-state index contributed by atoms with van der Waals surface area (Å²) in [7, 11) is 0. The fourth-order valence-electron chi connectivity index (χ4n) is 3.46. The number of nitro benzene ring substituents is 1. The van der Waals surface area contributed by atoms with Crippen LogP contribution in [0.4, 0.5) is 11.4 Å². The third-order valence-electron chi connectivity index (χ3n) is 5.21. The maximum absolute atomic E-state index is 12.7. The van der Waals surface area contributed by atoms with Crippen molar-refractivity contribution in [2.75, 3.05) is 5.32 Å². The van der Waals surface area contributed by atoms with Gasteiger partial charge in [-0.05, 0) is 54.3 Å². The maximum atomic E-state index is 12.7. The van der Waals surface area contributed by atoms with Crippen molar-refractivity contribution in [3.8, 4) is 17.2 Å². The van der Waals surface area contributed by atoms with E-state index in [1.807, 2.05) is 18.2 Å². The molecule has 0 aliphatic carbocycles. The summed E-state index contributed by atoms with van der Waals surface area (Å²) in [5.41, 5.74) is 3.16. The summed E-state index contributed by atoms with van der Waals surface area (Å²) in [5.74, 6) is -0.115. The first-order valence-electron chi connectivity index (χ1n) is 10.0. The number of phenols is 1. The molecular formula is C24H21N3O5. The summed E-state index contributed by atoms with van der Waals surface area (Å²) < 4.78 is 5.85. The maximum Gasteiger partial charge on any atom is 0.282 e. The van der Waals surface area contributed by atoms with E-state index in [4.69, 9.17) is 4.42 Å². The van der Waals surface area contributed by atoms with Crippen LogP contribution in [0.3, 0.4) is 0 Å². The van der Waals surface area contributed by atoms with Crippen LogP contribution >= 0.6 is 0 Å². The Morgan fingerprint density at radius 1 is 1.16 bits per heavy atom. The highest BCUT2D eigenvalue weighted by Gasteiger charge is 2.21. The van der Waals surface area contributed by atoms with Crippen LogP contribution in [0.15, 0.2) is 59.0 Å². The fourth-order valence-corrected chi connectivity index (χ4v) is 3.46. The average Bonchev–Trinajstić information content (AvgIpc) is 3.19. The lowest BCUT2D eigenvalue weighted by atomic mass is 10.0.